The maximum Gasteiger partial charge on any atom is 0.196 e. The van der Waals surface area contributed by atoms with Gasteiger partial charge in [-0.1, -0.05) is 146 Å². The summed E-state index contributed by atoms with van der Waals surface area (Å²) < 4.78 is 8.99. The van der Waals surface area contributed by atoms with Crippen LogP contribution in [0, 0.1) is 0 Å². The van der Waals surface area contributed by atoms with Crippen molar-refractivity contribution < 1.29 is 4.74 Å². The largest absolute Gasteiger partial charge is 0.464 e. The second kappa shape index (κ2) is 12.4. The molecule has 0 radical (unpaired) electrons. The quantitative estimate of drug-likeness (QED) is 0.192. The van der Waals surface area contributed by atoms with E-state index in [-0.39, 0.29) is 6.23 Å². The first-order valence-electron chi connectivity index (χ1n) is 17.5. The maximum absolute atomic E-state index is 6.66. The van der Waals surface area contributed by atoms with Crippen molar-refractivity contribution in [1.82, 2.24) is 14.5 Å². The van der Waals surface area contributed by atoms with Crippen LogP contribution in [0.4, 0.5) is 5.69 Å². The lowest BCUT2D eigenvalue weighted by Crippen LogP contribution is -2.09. The molecular formula is C47H32N4O. The molecule has 1 aliphatic heterocycles. The third-order valence-electron chi connectivity index (χ3n) is 9.86. The standard InChI is InChI=1S/C47H32N4O/c1-4-13-31(14-5-1)32-23-25-33(26-24-32)40-30-41(49-46(48-40)34-15-6-2-7-16-34)36-19-12-20-37(29-36)51-42-22-11-10-21-38(42)44-43(51)28-27-39-45(44)52-47(50-39)35-17-8-3-9-18-35/h1-30,47,50H. The fourth-order valence-corrected chi connectivity index (χ4v) is 7.34. The maximum atomic E-state index is 6.66. The highest BCUT2D eigenvalue weighted by atomic mass is 16.5. The summed E-state index contributed by atoms with van der Waals surface area (Å²) in [6, 6.07) is 63.2. The Labute approximate surface area is 301 Å². The second-order valence-corrected chi connectivity index (χ2v) is 13.1. The first-order chi connectivity index (χ1) is 25.8. The normalized spacial score (nSPS) is 13.5. The Morgan fingerprint density at radius 1 is 0.481 bits per heavy atom. The van der Waals surface area contributed by atoms with Crippen LogP contribution in [0.25, 0.3) is 72.5 Å². The lowest BCUT2D eigenvalue weighted by molar-refractivity contribution is 0.263. The molecule has 0 saturated heterocycles. The van der Waals surface area contributed by atoms with Crippen molar-refractivity contribution >= 4 is 27.5 Å². The monoisotopic (exact) mass is 668 g/mol. The van der Waals surface area contributed by atoms with Gasteiger partial charge in [0.2, 0.25) is 0 Å². The third kappa shape index (κ3) is 5.19. The molecular weight excluding hydrogens is 637 g/mol. The van der Waals surface area contributed by atoms with Gasteiger partial charge in [0.25, 0.3) is 0 Å². The molecule has 7 aromatic carbocycles. The Balaban J connectivity index is 1.09. The van der Waals surface area contributed by atoms with Crippen molar-refractivity contribution in [3.8, 4) is 56.5 Å². The van der Waals surface area contributed by atoms with E-state index in [9.17, 15) is 0 Å². The number of anilines is 1. The lowest BCUT2D eigenvalue weighted by atomic mass is 10.0. The van der Waals surface area contributed by atoms with Gasteiger partial charge in [0.15, 0.2) is 17.8 Å². The van der Waals surface area contributed by atoms with Crippen molar-refractivity contribution in [3.05, 3.63) is 188 Å². The Morgan fingerprint density at radius 3 is 1.87 bits per heavy atom. The first kappa shape index (κ1) is 29.9. The second-order valence-electron chi connectivity index (χ2n) is 13.1. The number of ether oxygens (including phenoxy) is 1. The van der Waals surface area contributed by atoms with Crippen molar-refractivity contribution in [1.29, 1.82) is 0 Å². The molecule has 0 aliphatic carbocycles. The predicted molar refractivity (Wildman–Crippen MR) is 212 cm³/mol. The summed E-state index contributed by atoms with van der Waals surface area (Å²) in [5, 5.41) is 5.83. The van der Waals surface area contributed by atoms with Gasteiger partial charge >= 0.3 is 0 Å². The highest BCUT2D eigenvalue weighted by Gasteiger charge is 2.28. The molecule has 52 heavy (non-hydrogen) atoms. The topological polar surface area (TPSA) is 52.0 Å². The van der Waals surface area contributed by atoms with E-state index >= 15 is 0 Å². The Kier molecular flexibility index (Phi) is 7.14. The Bertz CT molecular complexity index is 2720. The number of nitrogens with one attached hydrogen (secondary N) is 1. The van der Waals surface area contributed by atoms with Gasteiger partial charge in [0.05, 0.1) is 33.5 Å². The number of hydrogen-bond donors (Lipinski definition) is 1. The summed E-state index contributed by atoms with van der Waals surface area (Å²) in [4.78, 5) is 10.2. The van der Waals surface area contributed by atoms with E-state index in [4.69, 9.17) is 14.7 Å². The van der Waals surface area contributed by atoms with E-state index in [1.807, 2.05) is 42.5 Å². The van der Waals surface area contributed by atoms with E-state index < -0.39 is 0 Å². The van der Waals surface area contributed by atoms with Gasteiger partial charge in [-0.15, -0.1) is 0 Å². The van der Waals surface area contributed by atoms with Crippen LogP contribution in [-0.2, 0) is 0 Å². The Hall–Kier alpha value is -6.98. The lowest BCUT2D eigenvalue weighted by Gasteiger charge is -2.12. The number of nitrogens with zero attached hydrogens (tertiary/aromatic N) is 3. The summed E-state index contributed by atoms with van der Waals surface area (Å²) >= 11 is 0. The molecule has 0 amide bonds. The molecule has 3 heterocycles. The summed E-state index contributed by atoms with van der Waals surface area (Å²) in [6.07, 6.45) is -0.243. The van der Waals surface area contributed by atoms with Crippen molar-refractivity contribution in [2.24, 2.45) is 0 Å². The molecule has 1 atom stereocenters. The van der Waals surface area contributed by atoms with Gasteiger partial charge in [-0.25, -0.2) is 9.97 Å². The van der Waals surface area contributed by atoms with Crippen LogP contribution in [0.2, 0.25) is 0 Å². The zero-order valence-corrected chi connectivity index (χ0v) is 28.1. The van der Waals surface area contributed by atoms with Crippen LogP contribution in [-0.4, -0.2) is 14.5 Å². The van der Waals surface area contributed by atoms with E-state index in [0.29, 0.717) is 5.82 Å². The summed E-state index contributed by atoms with van der Waals surface area (Å²) in [5.41, 5.74) is 12.4. The van der Waals surface area contributed by atoms with Crippen molar-refractivity contribution in [2.45, 2.75) is 6.23 Å². The van der Waals surface area contributed by atoms with Gasteiger partial charge < -0.3 is 14.6 Å². The van der Waals surface area contributed by atoms with Gasteiger partial charge in [-0.2, -0.15) is 0 Å². The smallest absolute Gasteiger partial charge is 0.196 e. The predicted octanol–water partition coefficient (Wildman–Crippen LogP) is 11.7. The molecule has 2 aromatic heterocycles. The molecule has 5 nitrogen and oxygen atoms in total. The van der Waals surface area contributed by atoms with Crippen LogP contribution < -0.4 is 10.1 Å². The zero-order chi connectivity index (χ0) is 34.4. The SMILES string of the molecule is c1ccc(-c2ccc(-c3cc(-c4cccc(-n5c6ccccc6c6c7c(ccc65)NC(c5ccccc5)O7)c4)nc(-c4ccccc4)n3)cc2)cc1. The average molecular weight is 669 g/mol. The average Bonchev–Trinajstić information content (AvgIpc) is 3.82. The number of rotatable bonds is 6. The summed E-state index contributed by atoms with van der Waals surface area (Å²) in [6.45, 7) is 0. The minimum absolute atomic E-state index is 0.243. The number of hydrogen-bond acceptors (Lipinski definition) is 4. The molecule has 0 spiro atoms. The number of para-hydroxylation sites is 1. The summed E-state index contributed by atoms with van der Waals surface area (Å²) in [7, 11) is 0. The fourth-order valence-electron chi connectivity index (χ4n) is 7.34. The van der Waals surface area contributed by atoms with E-state index in [1.54, 1.807) is 0 Å². The van der Waals surface area contributed by atoms with Crippen LogP contribution in [0.15, 0.2) is 182 Å². The number of benzene rings is 7. The molecule has 246 valence electrons. The van der Waals surface area contributed by atoms with Crippen molar-refractivity contribution in [3.63, 3.8) is 0 Å². The van der Waals surface area contributed by atoms with E-state index in [0.717, 1.165) is 72.6 Å². The minimum Gasteiger partial charge on any atom is -0.464 e. The summed E-state index contributed by atoms with van der Waals surface area (Å²) in [5.74, 6) is 1.57. The van der Waals surface area contributed by atoms with Gasteiger partial charge in [-0.05, 0) is 47.5 Å². The highest BCUT2D eigenvalue weighted by molar-refractivity contribution is 6.14. The molecule has 1 unspecified atom stereocenters. The van der Waals surface area contributed by atoms with Gasteiger partial charge in [0, 0.05) is 33.3 Å². The van der Waals surface area contributed by atoms with Gasteiger partial charge in [0.1, 0.15) is 0 Å². The third-order valence-corrected chi connectivity index (χ3v) is 9.86. The van der Waals surface area contributed by atoms with Crippen LogP contribution in [0.3, 0.4) is 0 Å². The molecule has 9 aromatic rings. The molecule has 0 fully saturated rings. The number of aromatic nitrogens is 3. The first-order valence-corrected chi connectivity index (χ1v) is 17.5. The Morgan fingerprint density at radius 2 is 1.10 bits per heavy atom. The highest BCUT2D eigenvalue weighted by Crippen LogP contribution is 2.47. The molecule has 0 bridgehead atoms. The minimum atomic E-state index is -0.243. The van der Waals surface area contributed by atoms with Gasteiger partial charge in [-0.3, -0.25) is 0 Å². The van der Waals surface area contributed by atoms with E-state index in [2.05, 4.69) is 149 Å². The molecule has 0 saturated carbocycles. The zero-order valence-electron chi connectivity index (χ0n) is 28.1. The van der Waals surface area contributed by atoms with E-state index in [1.165, 1.54) is 11.1 Å². The van der Waals surface area contributed by atoms with Crippen LogP contribution in [0.1, 0.15) is 11.8 Å². The molecule has 1 N–H and O–H groups in total. The molecule has 1 aliphatic rings. The molecule has 5 heteroatoms. The molecule has 10 rings (SSSR count). The number of fused-ring (bicyclic) bond motifs is 5. The van der Waals surface area contributed by atoms with Crippen LogP contribution in [0.5, 0.6) is 5.75 Å². The fraction of sp³-hybridized carbons (Fsp3) is 0.0213. The van der Waals surface area contributed by atoms with Crippen LogP contribution >= 0.6 is 0 Å². The van der Waals surface area contributed by atoms with Crippen molar-refractivity contribution in [2.75, 3.05) is 5.32 Å².